The number of rotatable bonds is 5. The number of carbonyl (C=O) groups is 2. The molecule has 3 rings (SSSR count). The second-order valence-electron chi connectivity index (χ2n) is 6.13. The van der Waals surface area contributed by atoms with E-state index in [1.165, 1.54) is 30.0 Å². The summed E-state index contributed by atoms with van der Waals surface area (Å²) in [6.45, 7) is 1.98. The maximum atomic E-state index is 12.5. The number of para-hydroxylation sites is 1. The molecule has 0 aromatic heterocycles. The van der Waals surface area contributed by atoms with E-state index in [1.54, 1.807) is 6.07 Å². The van der Waals surface area contributed by atoms with Gasteiger partial charge in [-0.1, -0.05) is 12.1 Å². The monoisotopic (exact) mass is 346 g/mol. The molecule has 1 N–H and O–H groups in total. The fraction of sp³-hybridized carbons (Fsp3) is 0.412. The van der Waals surface area contributed by atoms with Crippen molar-refractivity contribution < 1.29 is 24.4 Å². The third-order valence-corrected chi connectivity index (χ3v) is 4.54. The number of ether oxygens (including phenoxy) is 1. The van der Waals surface area contributed by atoms with E-state index in [4.69, 9.17) is 4.74 Å². The lowest BCUT2D eigenvalue weighted by Crippen LogP contribution is -2.37. The highest BCUT2D eigenvalue weighted by Crippen LogP contribution is 2.41. The fourth-order valence-corrected chi connectivity index (χ4v) is 3.42. The Morgan fingerprint density at radius 3 is 2.76 bits per heavy atom. The highest BCUT2D eigenvalue weighted by Gasteiger charge is 2.45. The molecule has 2 aliphatic rings. The molecular weight excluding hydrogens is 328 g/mol. The predicted octanol–water partition coefficient (Wildman–Crippen LogP) is 2.06. The zero-order valence-electron chi connectivity index (χ0n) is 13.7. The summed E-state index contributed by atoms with van der Waals surface area (Å²) in [5.41, 5.74) is -0.114. The number of nitrogens with zero attached hydrogens (tertiary/aromatic N) is 2. The van der Waals surface area contributed by atoms with Crippen molar-refractivity contribution in [3.8, 4) is 0 Å². The summed E-state index contributed by atoms with van der Waals surface area (Å²) in [5, 5.41) is 21.6. The number of nitro benzene ring substituents is 1. The van der Waals surface area contributed by atoms with Gasteiger partial charge in [0.25, 0.3) is 11.6 Å². The maximum absolute atomic E-state index is 12.5. The summed E-state index contributed by atoms with van der Waals surface area (Å²) >= 11 is 0. The Kier molecular flexibility index (Phi) is 4.54. The summed E-state index contributed by atoms with van der Waals surface area (Å²) in [5.74, 6) is -1.85. The lowest BCUT2D eigenvalue weighted by molar-refractivity contribution is -0.385. The van der Waals surface area contributed by atoms with Crippen molar-refractivity contribution in [1.29, 1.82) is 0 Å². The Morgan fingerprint density at radius 1 is 1.44 bits per heavy atom. The van der Waals surface area contributed by atoms with Gasteiger partial charge in [0.05, 0.1) is 28.2 Å². The first-order chi connectivity index (χ1) is 11.9. The normalized spacial score (nSPS) is 23.4. The predicted molar refractivity (Wildman–Crippen MR) is 86.9 cm³/mol. The Balaban J connectivity index is 2.08. The van der Waals surface area contributed by atoms with Gasteiger partial charge in [-0.25, -0.2) is 0 Å². The van der Waals surface area contributed by atoms with Gasteiger partial charge >= 0.3 is 0 Å². The molecule has 8 nitrogen and oxygen atoms in total. The molecule has 0 unspecified atom stereocenters. The van der Waals surface area contributed by atoms with E-state index < -0.39 is 28.4 Å². The van der Waals surface area contributed by atoms with Crippen LogP contribution in [0.25, 0.3) is 0 Å². The SMILES string of the molecule is CC(=O)C1=C(O)C(=O)N(C[C@H]2CCCO2)[C@@H]1c1ccccc1[N+](=O)[O-]. The van der Waals surface area contributed by atoms with Gasteiger partial charge in [-0.15, -0.1) is 0 Å². The lowest BCUT2D eigenvalue weighted by Gasteiger charge is -2.28. The molecule has 1 saturated heterocycles. The van der Waals surface area contributed by atoms with E-state index in [2.05, 4.69) is 0 Å². The first kappa shape index (κ1) is 17.1. The summed E-state index contributed by atoms with van der Waals surface area (Å²) in [7, 11) is 0. The van der Waals surface area contributed by atoms with Crippen molar-refractivity contribution in [1.82, 2.24) is 4.90 Å². The number of benzene rings is 1. The van der Waals surface area contributed by atoms with Gasteiger partial charge in [0.1, 0.15) is 0 Å². The Morgan fingerprint density at radius 2 is 2.16 bits per heavy atom. The first-order valence-electron chi connectivity index (χ1n) is 8.01. The van der Waals surface area contributed by atoms with Gasteiger partial charge < -0.3 is 14.7 Å². The van der Waals surface area contributed by atoms with Gasteiger partial charge in [0.15, 0.2) is 11.5 Å². The molecule has 1 fully saturated rings. The largest absolute Gasteiger partial charge is 0.503 e. The maximum Gasteiger partial charge on any atom is 0.290 e. The van der Waals surface area contributed by atoms with Gasteiger partial charge in [-0.3, -0.25) is 19.7 Å². The summed E-state index contributed by atoms with van der Waals surface area (Å²) in [6, 6.07) is 4.94. The number of aliphatic hydroxyl groups excluding tert-OH is 1. The Labute approximate surface area is 143 Å². The summed E-state index contributed by atoms with van der Waals surface area (Å²) in [4.78, 5) is 36.7. The number of Topliss-reactive ketones (excluding diaryl/α,β-unsaturated/α-hetero) is 1. The van der Waals surface area contributed by atoms with E-state index in [0.29, 0.717) is 6.61 Å². The quantitative estimate of drug-likeness (QED) is 0.645. The van der Waals surface area contributed by atoms with Crippen LogP contribution in [0.1, 0.15) is 31.4 Å². The Bertz CT molecular complexity index is 766. The van der Waals surface area contributed by atoms with Crippen molar-refractivity contribution >= 4 is 17.4 Å². The molecule has 1 amide bonds. The van der Waals surface area contributed by atoms with Crippen molar-refractivity contribution in [2.45, 2.75) is 31.9 Å². The zero-order valence-corrected chi connectivity index (χ0v) is 13.7. The molecule has 1 aromatic carbocycles. The third-order valence-electron chi connectivity index (χ3n) is 4.54. The van der Waals surface area contributed by atoms with Crippen LogP contribution < -0.4 is 0 Å². The smallest absolute Gasteiger partial charge is 0.290 e. The van der Waals surface area contributed by atoms with Crippen LogP contribution in [0.3, 0.4) is 0 Å². The van der Waals surface area contributed by atoms with E-state index in [0.717, 1.165) is 12.8 Å². The standard InChI is InChI=1S/C17H18N2O6/c1-10(20)14-15(12-6-2-3-7-13(12)19(23)24)18(17(22)16(14)21)9-11-5-4-8-25-11/h2-3,6-7,11,15,21H,4-5,8-9H2,1H3/t11-,15-/m1/s1. The Hall–Kier alpha value is -2.74. The van der Waals surface area contributed by atoms with Crippen LogP contribution in [0.4, 0.5) is 5.69 Å². The third kappa shape index (κ3) is 3.00. The minimum Gasteiger partial charge on any atom is -0.503 e. The second-order valence-corrected chi connectivity index (χ2v) is 6.13. The summed E-state index contributed by atoms with van der Waals surface area (Å²) < 4.78 is 5.54. The van der Waals surface area contributed by atoms with Crippen molar-refractivity contribution in [3.05, 3.63) is 51.3 Å². The van der Waals surface area contributed by atoms with E-state index in [1.807, 2.05) is 0 Å². The van der Waals surface area contributed by atoms with Crippen LogP contribution in [0.2, 0.25) is 0 Å². The number of ketones is 1. The number of carbonyl (C=O) groups excluding carboxylic acids is 2. The number of hydrogen-bond acceptors (Lipinski definition) is 6. The van der Waals surface area contributed by atoms with Gasteiger partial charge in [0.2, 0.25) is 0 Å². The van der Waals surface area contributed by atoms with Crippen LogP contribution in [0.5, 0.6) is 0 Å². The van der Waals surface area contributed by atoms with E-state index in [9.17, 15) is 24.8 Å². The van der Waals surface area contributed by atoms with E-state index >= 15 is 0 Å². The molecule has 0 saturated carbocycles. The molecule has 2 aliphatic heterocycles. The molecule has 0 spiro atoms. The van der Waals surface area contributed by atoms with Crippen LogP contribution in [-0.4, -0.2) is 45.9 Å². The fourth-order valence-electron chi connectivity index (χ4n) is 3.42. The van der Waals surface area contributed by atoms with E-state index in [-0.39, 0.29) is 29.5 Å². The molecule has 0 radical (unpaired) electrons. The molecular formula is C17H18N2O6. The molecule has 132 valence electrons. The molecule has 0 bridgehead atoms. The first-order valence-corrected chi connectivity index (χ1v) is 8.01. The minimum absolute atomic E-state index is 0.114. The highest BCUT2D eigenvalue weighted by atomic mass is 16.6. The molecule has 8 heteroatoms. The van der Waals surface area contributed by atoms with Crippen LogP contribution in [0.15, 0.2) is 35.6 Å². The number of amides is 1. The number of hydrogen-bond donors (Lipinski definition) is 1. The molecule has 2 atom stereocenters. The zero-order chi connectivity index (χ0) is 18.1. The molecule has 1 aromatic rings. The molecule has 0 aliphatic carbocycles. The van der Waals surface area contributed by atoms with Gasteiger partial charge in [-0.2, -0.15) is 0 Å². The van der Waals surface area contributed by atoms with Crippen molar-refractivity contribution in [3.63, 3.8) is 0 Å². The average molecular weight is 346 g/mol. The average Bonchev–Trinajstić information content (AvgIpc) is 3.17. The lowest BCUT2D eigenvalue weighted by atomic mass is 9.95. The van der Waals surface area contributed by atoms with Crippen LogP contribution in [-0.2, 0) is 14.3 Å². The minimum atomic E-state index is -0.990. The molecule has 2 heterocycles. The van der Waals surface area contributed by atoms with Crippen molar-refractivity contribution in [2.24, 2.45) is 0 Å². The number of aliphatic hydroxyl groups is 1. The molecule has 25 heavy (non-hydrogen) atoms. The number of nitro groups is 1. The van der Waals surface area contributed by atoms with Crippen LogP contribution in [0, 0.1) is 10.1 Å². The van der Waals surface area contributed by atoms with Crippen molar-refractivity contribution in [2.75, 3.05) is 13.2 Å². The topological polar surface area (TPSA) is 110 Å². The van der Waals surface area contributed by atoms with Gasteiger partial charge in [-0.05, 0) is 25.8 Å². The summed E-state index contributed by atoms with van der Waals surface area (Å²) in [6.07, 6.45) is 1.40. The van der Waals surface area contributed by atoms with Crippen LogP contribution >= 0.6 is 0 Å². The second kappa shape index (κ2) is 6.64. The highest BCUT2D eigenvalue weighted by molar-refractivity contribution is 6.08. The van der Waals surface area contributed by atoms with Gasteiger partial charge in [0, 0.05) is 19.2 Å².